The summed E-state index contributed by atoms with van der Waals surface area (Å²) < 4.78 is 5.07. The lowest BCUT2D eigenvalue weighted by molar-refractivity contribution is -0.128. The van der Waals surface area contributed by atoms with Crippen molar-refractivity contribution in [2.24, 2.45) is 11.3 Å². The lowest BCUT2D eigenvalue weighted by Crippen LogP contribution is -2.39. The smallest absolute Gasteiger partial charge is 0.227 e. The van der Waals surface area contributed by atoms with Crippen molar-refractivity contribution in [3.63, 3.8) is 0 Å². The SMILES string of the molecule is CNC(=O)C1(C)CCN(c2cc(NN)nc(COC)n2)C1. The molecule has 1 atom stereocenters. The maximum absolute atomic E-state index is 12.0. The molecule has 1 unspecified atom stereocenters. The third kappa shape index (κ3) is 3.22. The molecule has 0 spiro atoms. The second-order valence-electron chi connectivity index (χ2n) is 5.42. The number of nitrogens with two attached hydrogens (primary N) is 1. The zero-order valence-corrected chi connectivity index (χ0v) is 12.6. The molecule has 1 aliphatic rings. The van der Waals surface area contributed by atoms with Crippen LogP contribution in [0.25, 0.3) is 0 Å². The van der Waals surface area contributed by atoms with E-state index in [2.05, 4.69) is 25.6 Å². The summed E-state index contributed by atoms with van der Waals surface area (Å²) in [4.78, 5) is 22.7. The number of nitrogens with zero attached hydrogens (tertiary/aromatic N) is 3. The molecule has 0 radical (unpaired) electrons. The molecular weight excluding hydrogens is 272 g/mol. The van der Waals surface area contributed by atoms with Gasteiger partial charge in [0.15, 0.2) is 5.82 Å². The van der Waals surface area contributed by atoms with Crippen LogP contribution in [-0.2, 0) is 16.1 Å². The Balaban J connectivity index is 2.23. The van der Waals surface area contributed by atoms with Gasteiger partial charge in [0.2, 0.25) is 5.91 Å². The molecule has 1 amide bonds. The fourth-order valence-electron chi connectivity index (χ4n) is 2.56. The quantitative estimate of drug-likeness (QED) is 0.513. The number of amides is 1. The Morgan fingerprint density at radius 1 is 1.57 bits per heavy atom. The lowest BCUT2D eigenvalue weighted by Gasteiger charge is -2.23. The predicted molar refractivity (Wildman–Crippen MR) is 79.6 cm³/mol. The van der Waals surface area contributed by atoms with E-state index in [1.165, 1.54) is 0 Å². The van der Waals surface area contributed by atoms with Gasteiger partial charge in [-0.15, -0.1) is 0 Å². The molecule has 8 heteroatoms. The van der Waals surface area contributed by atoms with E-state index in [-0.39, 0.29) is 5.91 Å². The summed E-state index contributed by atoms with van der Waals surface area (Å²) in [6, 6.07) is 1.77. The van der Waals surface area contributed by atoms with Crippen molar-refractivity contribution in [2.45, 2.75) is 20.0 Å². The minimum Gasteiger partial charge on any atom is -0.377 e. The van der Waals surface area contributed by atoms with Crippen LogP contribution in [0.1, 0.15) is 19.2 Å². The second kappa shape index (κ2) is 6.23. The number of methoxy groups -OCH3 is 1. The predicted octanol–water partition coefficient (Wildman–Crippen LogP) is -0.129. The number of hydrogen-bond acceptors (Lipinski definition) is 7. The summed E-state index contributed by atoms with van der Waals surface area (Å²) in [5, 5.41) is 2.72. The van der Waals surface area contributed by atoms with Crippen LogP contribution in [0, 0.1) is 5.41 Å². The molecule has 21 heavy (non-hydrogen) atoms. The number of hydrazine groups is 1. The van der Waals surface area contributed by atoms with E-state index in [0.717, 1.165) is 18.8 Å². The van der Waals surface area contributed by atoms with Crippen LogP contribution in [0.5, 0.6) is 0 Å². The zero-order chi connectivity index (χ0) is 15.5. The molecule has 4 N–H and O–H groups in total. The average molecular weight is 294 g/mol. The van der Waals surface area contributed by atoms with Gasteiger partial charge in [0.25, 0.3) is 0 Å². The average Bonchev–Trinajstić information content (AvgIpc) is 2.90. The van der Waals surface area contributed by atoms with Gasteiger partial charge in [0.1, 0.15) is 18.2 Å². The summed E-state index contributed by atoms with van der Waals surface area (Å²) in [6.45, 7) is 3.64. The molecule has 2 heterocycles. The number of anilines is 2. The van der Waals surface area contributed by atoms with Crippen LogP contribution in [-0.4, -0.2) is 43.1 Å². The van der Waals surface area contributed by atoms with Crippen molar-refractivity contribution in [2.75, 3.05) is 37.6 Å². The molecular formula is C13H22N6O2. The van der Waals surface area contributed by atoms with Crippen LogP contribution in [0.3, 0.4) is 0 Å². The van der Waals surface area contributed by atoms with E-state index in [0.29, 0.717) is 24.8 Å². The van der Waals surface area contributed by atoms with Crippen molar-refractivity contribution in [1.82, 2.24) is 15.3 Å². The number of aromatic nitrogens is 2. The monoisotopic (exact) mass is 294 g/mol. The molecule has 1 fully saturated rings. The Morgan fingerprint density at radius 3 is 2.95 bits per heavy atom. The lowest BCUT2D eigenvalue weighted by atomic mass is 9.89. The van der Waals surface area contributed by atoms with Gasteiger partial charge in [-0.1, -0.05) is 0 Å². The van der Waals surface area contributed by atoms with Gasteiger partial charge in [0.05, 0.1) is 5.41 Å². The number of carbonyl (C=O) groups excluding carboxylic acids is 1. The number of nitrogens with one attached hydrogen (secondary N) is 2. The Bertz CT molecular complexity index is 523. The van der Waals surface area contributed by atoms with Crippen molar-refractivity contribution >= 4 is 17.5 Å². The maximum Gasteiger partial charge on any atom is 0.227 e. The molecule has 116 valence electrons. The summed E-state index contributed by atoms with van der Waals surface area (Å²) in [5.74, 6) is 7.32. The molecule has 0 bridgehead atoms. The Labute approximate surface area is 124 Å². The van der Waals surface area contributed by atoms with Gasteiger partial charge in [-0.05, 0) is 13.3 Å². The molecule has 2 rings (SSSR count). The van der Waals surface area contributed by atoms with Gasteiger partial charge >= 0.3 is 0 Å². The van der Waals surface area contributed by atoms with E-state index < -0.39 is 5.41 Å². The minimum atomic E-state index is -0.405. The summed E-state index contributed by atoms with van der Waals surface area (Å²) in [7, 11) is 3.25. The molecule has 1 saturated heterocycles. The highest BCUT2D eigenvalue weighted by Gasteiger charge is 2.40. The molecule has 1 aromatic heterocycles. The van der Waals surface area contributed by atoms with E-state index in [4.69, 9.17) is 10.6 Å². The first-order valence-corrected chi connectivity index (χ1v) is 6.83. The number of nitrogen functional groups attached to an aromatic ring is 1. The fourth-order valence-corrected chi connectivity index (χ4v) is 2.56. The highest BCUT2D eigenvalue weighted by atomic mass is 16.5. The zero-order valence-electron chi connectivity index (χ0n) is 12.6. The van der Waals surface area contributed by atoms with Gasteiger partial charge in [-0.25, -0.2) is 15.8 Å². The van der Waals surface area contributed by atoms with Crippen molar-refractivity contribution in [3.05, 3.63) is 11.9 Å². The number of carbonyl (C=O) groups is 1. The normalized spacial score (nSPS) is 21.4. The standard InChI is InChI=1S/C13H22N6O2/c1-13(12(20)15-2)4-5-19(8-13)11-6-9(18-14)16-10(17-11)7-21-3/h6H,4-5,7-8,14H2,1-3H3,(H,15,20)(H,16,17,18). The topological polar surface area (TPSA) is 105 Å². The summed E-state index contributed by atoms with van der Waals surface area (Å²) >= 11 is 0. The van der Waals surface area contributed by atoms with Gasteiger partial charge in [-0.3, -0.25) is 4.79 Å². The molecule has 0 aliphatic carbocycles. The van der Waals surface area contributed by atoms with Gasteiger partial charge in [-0.2, -0.15) is 0 Å². The van der Waals surface area contributed by atoms with Crippen LogP contribution in [0.2, 0.25) is 0 Å². The minimum absolute atomic E-state index is 0.0494. The van der Waals surface area contributed by atoms with Gasteiger partial charge in [0, 0.05) is 33.3 Å². The molecule has 1 aromatic rings. The van der Waals surface area contributed by atoms with Crippen LogP contribution >= 0.6 is 0 Å². The fraction of sp³-hybridized carbons (Fsp3) is 0.615. The second-order valence-corrected chi connectivity index (χ2v) is 5.42. The summed E-state index contributed by atoms with van der Waals surface area (Å²) in [5.41, 5.74) is 2.13. The third-order valence-corrected chi connectivity index (χ3v) is 3.75. The summed E-state index contributed by atoms with van der Waals surface area (Å²) in [6.07, 6.45) is 0.779. The van der Waals surface area contributed by atoms with E-state index in [1.807, 2.05) is 6.92 Å². The van der Waals surface area contributed by atoms with E-state index in [1.54, 1.807) is 20.2 Å². The molecule has 0 aromatic carbocycles. The Hall–Kier alpha value is -1.93. The van der Waals surface area contributed by atoms with Crippen LogP contribution in [0.4, 0.5) is 11.6 Å². The van der Waals surface area contributed by atoms with E-state index in [9.17, 15) is 4.79 Å². The first-order valence-electron chi connectivity index (χ1n) is 6.83. The first-order chi connectivity index (χ1) is 10.0. The number of rotatable bonds is 5. The molecule has 1 aliphatic heterocycles. The van der Waals surface area contributed by atoms with Crippen molar-refractivity contribution in [1.29, 1.82) is 0 Å². The molecule has 8 nitrogen and oxygen atoms in total. The number of ether oxygens (including phenoxy) is 1. The van der Waals surface area contributed by atoms with Crippen LogP contribution in [0.15, 0.2) is 6.07 Å². The maximum atomic E-state index is 12.0. The highest BCUT2D eigenvalue weighted by molar-refractivity contribution is 5.83. The first kappa shape index (κ1) is 15.5. The largest absolute Gasteiger partial charge is 0.377 e. The van der Waals surface area contributed by atoms with Gasteiger partial charge < -0.3 is 20.4 Å². The Kier molecular flexibility index (Phi) is 4.59. The van der Waals surface area contributed by atoms with Crippen molar-refractivity contribution < 1.29 is 9.53 Å². The Morgan fingerprint density at radius 2 is 2.33 bits per heavy atom. The number of hydrogen-bond donors (Lipinski definition) is 3. The molecule has 0 saturated carbocycles. The van der Waals surface area contributed by atoms with E-state index >= 15 is 0 Å². The highest BCUT2D eigenvalue weighted by Crippen LogP contribution is 2.33. The third-order valence-electron chi connectivity index (χ3n) is 3.75. The van der Waals surface area contributed by atoms with Crippen molar-refractivity contribution in [3.8, 4) is 0 Å². The van der Waals surface area contributed by atoms with Crippen LogP contribution < -0.4 is 21.5 Å².